The van der Waals surface area contributed by atoms with Gasteiger partial charge in [0, 0.05) is 28.9 Å². The van der Waals surface area contributed by atoms with Crippen LogP contribution in [0.5, 0.6) is 0 Å². The van der Waals surface area contributed by atoms with E-state index >= 15 is 0 Å². The van der Waals surface area contributed by atoms with Gasteiger partial charge >= 0.3 is 0 Å². The van der Waals surface area contributed by atoms with Crippen molar-refractivity contribution >= 4 is 26.7 Å². The summed E-state index contributed by atoms with van der Waals surface area (Å²) < 4.78 is 33.4. The number of anilines is 1. The van der Waals surface area contributed by atoms with Gasteiger partial charge in [-0.05, 0) is 36.4 Å². The highest BCUT2D eigenvalue weighted by atomic mass is 32.2. The molecule has 0 aliphatic rings. The molecular formula is C19H14N2O3S. The summed E-state index contributed by atoms with van der Waals surface area (Å²) in [6, 6.07) is 17.3. The van der Waals surface area contributed by atoms with Crippen LogP contribution in [0.4, 0.5) is 5.69 Å². The van der Waals surface area contributed by atoms with Crippen molar-refractivity contribution in [3.05, 3.63) is 79.3 Å². The molecule has 5 nitrogen and oxygen atoms in total. The molecule has 0 unspecified atom stereocenters. The minimum atomic E-state index is -3.66. The van der Waals surface area contributed by atoms with Gasteiger partial charge in [-0.25, -0.2) is 8.42 Å². The molecule has 0 aliphatic carbocycles. The highest BCUT2D eigenvalue weighted by molar-refractivity contribution is 7.92. The zero-order valence-corrected chi connectivity index (χ0v) is 13.9. The van der Waals surface area contributed by atoms with Crippen LogP contribution in [0.2, 0.25) is 0 Å². The third-order valence-corrected chi connectivity index (χ3v) is 5.23. The number of hydrogen-bond donors (Lipinski definition) is 1. The van der Waals surface area contributed by atoms with E-state index in [2.05, 4.69) is 9.71 Å². The fourth-order valence-corrected chi connectivity index (χ4v) is 3.75. The number of nitrogens with one attached hydrogen (secondary N) is 1. The fourth-order valence-electron chi connectivity index (χ4n) is 2.69. The Balaban J connectivity index is 1.81. The molecule has 0 spiro atoms. The van der Waals surface area contributed by atoms with Gasteiger partial charge in [0.05, 0.1) is 16.8 Å². The molecule has 6 heteroatoms. The predicted molar refractivity (Wildman–Crippen MR) is 96.7 cm³/mol. The Morgan fingerprint density at radius 2 is 1.80 bits per heavy atom. The number of nitrogens with zero attached hydrogens (tertiary/aromatic N) is 1. The monoisotopic (exact) mass is 350 g/mol. The molecule has 0 radical (unpaired) electrons. The second-order valence-electron chi connectivity index (χ2n) is 5.52. The van der Waals surface area contributed by atoms with Gasteiger partial charge in [-0.1, -0.05) is 24.3 Å². The van der Waals surface area contributed by atoms with Gasteiger partial charge < -0.3 is 4.42 Å². The highest BCUT2D eigenvalue weighted by Gasteiger charge is 2.16. The molecule has 0 saturated heterocycles. The fraction of sp³-hybridized carbons (Fsp3) is 0. The van der Waals surface area contributed by atoms with Crippen LogP contribution in [0, 0.1) is 0 Å². The number of hydrogen-bond acceptors (Lipinski definition) is 4. The van der Waals surface area contributed by atoms with E-state index in [-0.39, 0.29) is 4.90 Å². The van der Waals surface area contributed by atoms with Gasteiger partial charge in [-0.15, -0.1) is 0 Å². The first kappa shape index (κ1) is 15.4. The van der Waals surface area contributed by atoms with Gasteiger partial charge in [0.1, 0.15) is 5.58 Å². The van der Waals surface area contributed by atoms with E-state index < -0.39 is 10.0 Å². The van der Waals surface area contributed by atoms with E-state index in [9.17, 15) is 8.42 Å². The third-order valence-electron chi connectivity index (χ3n) is 3.83. The van der Waals surface area contributed by atoms with Crippen molar-refractivity contribution in [1.82, 2.24) is 4.98 Å². The Kier molecular flexibility index (Phi) is 3.74. The second kappa shape index (κ2) is 6.07. The Bertz CT molecular complexity index is 1120. The van der Waals surface area contributed by atoms with Crippen LogP contribution in [-0.2, 0) is 10.0 Å². The summed E-state index contributed by atoms with van der Waals surface area (Å²) in [6.07, 6.45) is 4.98. The summed E-state index contributed by atoms with van der Waals surface area (Å²) in [4.78, 5) is 4.34. The molecule has 4 rings (SSSR count). The summed E-state index contributed by atoms with van der Waals surface area (Å²) >= 11 is 0. The first-order valence-corrected chi connectivity index (χ1v) is 9.11. The Morgan fingerprint density at radius 3 is 2.56 bits per heavy atom. The van der Waals surface area contributed by atoms with Crippen LogP contribution in [0.3, 0.4) is 0 Å². The lowest BCUT2D eigenvalue weighted by molar-refractivity contribution is 0.601. The molecule has 0 saturated carbocycles. The SMILES string of the molecule is O=S(=O)(Nc1cc(-c2cccnc2)c2occc2c1)c1ccccc1. The van der Waals surface area contributed by atoms with Crippen LogP contribution < -0.4 is 4.72 Å². The van der Waals surface area contributed by atoms with Crippen molar-refractivity contribution in [2.45, 2.75) is 4.90 Å². The molecule has 4 aromatic rings. The molecule has 124 valence electrons. The summed E-state index contributed by atoms with van der Waals surface area (Å²) in [5.41, 5.74) is 2.79. The van der Waals surface area contributed by atoms with Crippen LogP contribution >= 0.6 is 0 Å². The smallest absolute Gasteiger partial charge is 0.261 e. The van der Waals surface area contributed by atoms with Crippen molar-refractivity contribution in [1.29, 1.82) is 0 Å². The number of fused-ring (bicyclic) bond motifs is 1. The quantitative estimate of drug-likeness (QED) is 0.596. The zero-order chi connectivity index (χ0) is 17.3. The van der Waals surface area contributed by atoms with E-state index in [4.69, 9.17) is 4.42 Å². The number of aromatic nitrogens is 1. The lowest BCUT2D eigenvalue weighted by Crippen LogP contribution is -2.12. The maximum atomic E-state index is 12.6. The van der Waals surface area contributed by atoms with Crippen molar-refractivity contribution in [2.75, 3.05) is 4.72 Å². The van der Waals surface area contributed by atoms with Gasteiger partial charge in [-0.2, -0.15) is 0 Å². The number of furan rings is 1. The molecule has 0 amide bonds. The molecule has 0 aliphatic heterocycles. The summed E-state index contributed by atoms with van der Waals surface area (Å²) in [5, 5.41) is 0.812. The van der Waals surface area contributed by atoms with Crippen LogP contribution in [0.25, 0.3) is 22.1 Å². The van der Waals surface area contributed by atoms with Crippen LogP contribution in [-0.4, -0.2) is 13.4 Å². The molecule has 1 N–H and O–H groups in total. The largest absolute Gasteiger partial charge is 0.464 e. The van der Waals surface area contributed by atoms with Crippen molar-refractivity contribution < 1.29 is 12.8 Å². The van der Waals surface area contributed by atoms with Gasteiger partial charge in [0.2, 0.25) is 0 Å². The average Bonchev–Trinajstić information content (AvgIpc) is 3.11. The first-order chi connectivity index (χ1) is 12.1. The van der Waals surface area contributed by atoms with Crippen LogP contribution in [0.15, 0.2) is 88.6 Å². The lowest BCUT2D eigenvalue weighted by Gasteiger charge is -2.10. The Labute approximate surface area is 145 Å². The topological polar surface area (TPSA) is 72.2 Å². The number of sulfonamides is 1. The van der Waals surface area contributed by atoms with Crippen molar-refractivity contribution in [3.8, 4) is 11.1 Å². The summed E-state index contributed by atoms with van der Waals surface area (Å²) in [7, 11) is -3.66. The number of rotatable bonds is 4. The maximum absolute atomic E-state index is 12.6. The minimum absolute atomic E-state index is 0.213. The lowest BCUT2D eigenvalue weighted by atomic mass is 10.0. The van der Waals surface area contributed by atoms with E-state index in [1.54, 1.807) is 67.2 Å². The number of benzene rings is 2. The highest BCUT2D eigenvalue weighted by Crippen LogP contribution is 2.33. The van der Waals surface area contributed by atoms with Crippen molar-refractivity contribution in [2.24, 2.45) is 0 Å². The standard InChI is InChI=1S/C19H14N2O3S/c22-25(23,17-6-2-1-3-7-17)21-16-11-14-8-10-24-19(14)18(12-16)15-5-4-9-20-13-15/h1-13,21H. The minimum Gasteiger partial charge on any atom is -0.464 e. The van der Waals surface area contributed by atoms with E-state index in [1.807, 2.05) is 12.1 Å². The molecule has 25 heavy (non-hydrogen) atoms. The van der Waals surface area contributed by atoms with Gasteiger partial charge in [0.25, 0.3) is 10.0 Å². The maximum Gasteiger partial charge on any atom is 0.261 e. The van der Waals surface area contributed by atoms with E-state index in [1.165, 1.54) is 0 Å². The zero-order valence-electron chi connectivity index (χ0n) is 13.1. The van der Waals surface area contributed by atoms with Crippen LogP contribution in [0.1, 0.15) is 0 Å². The van der Waals surface area contributed by atoms with Gasteiger partial charge in [0.15, 0.2) is 0 Å². The molecular weight excluding hydrogens is 336 g/mol. The van der Waals surface area contributed by atoms with E-state index in [0.29, 0.717) is 11.3 Å². The van der Waals surface area contributed by atoms with Gasteiger partial charge in [-0.3, -0.25) is 9.71 Å². The molecule has 0 atom stereocenters. The molecule has 0 fully saturated rings. The average molecular weight is 350 g/mol. The Morgan fingerprint density at radius 1 is 0.960 bits per heavy atom. The molecule has 2 heterocycles. The van der Waals surface area contributed by atoms with Crippen molar-refractivity contribution in [3.63, 3.8) is 0 Å². The normalized spacial score (nSPS) is 11.5. The molecule has 0 bridgehead atoms. The number of pyridine rings is 1. The summed E-state index contributed by atoms with van der Waals surface area (Å²) in [5.74, 6) is 0. The molecule has 2 aromatic heterocycles. The first-order valence-electron chi connectivity index (χ1n) is 7.63. The molecule has 2 aromatic carbocycles. The summed E-state index contributed by atoms with van der Waals surface area (Å²) in [6.45, 7) is 0. The second-order valence-corrected chi connectivity index (χ2v) is 7.21. The van der Waals surface area contributed by atoms with E-state index in [0.717, 1.165) is 16.5 Å². The Hall–Kier alpha value is -3.12. The third kappa shape index (κ3) is 2.99. The predicted octanol–water partition coefficient (Wildman–Crippen LogP) is 4.30.